The van der Waals surface area contributed by atoms with Crippen LogP contribution in [0, 0.1) is 5.92 Å². The molecular formula is C17H24N2O. The molecule has 3 heterocycles. The summed E-state index contributed by atoms with van der Waals surface area (Å²) in [5.74, 6) is 1.70. The van der Waals surface area contributed by atoms with E-state index in [1.54, 1.807) is 0 Å². The second kappa shape index (κ2) is 4.74. The van der Waals surface area contributed by atoms with E-state index in [9.17, 15) is 0 Å². The fourth-order valence-corrected chi connectivity index (χ4v) is 4.43. The number of nitrogens with zero attached hydrogens (tertiary/aromatic N) is 1. The summed E-state index contributed by atoms with van der Waals surface area (Å²) >= 11 is 0. The van der Waals surface area contributed by atoms with Crippen LogP contribution >= 0.6 is 0 Å². The molecule has 3 unspecified atom stereocenters. The van der Waals surface area contributed by atoms with Crippen molar-refractivity contribution in [3.8, 4) is 5.75 Å². The van der Waals surface area contributed by atoms with Crippen LogP contribution in [0.5, 0.6) is 5.75 Å². The van der Waals surface area contributed by atoms with Crippen molar-refractivity contribution < 1.29 is 4.74 Å². The van der Waals surface area contributed by atoms with Gasteiger partial charge < -0.3 is 15.4 Å². The third-order valence-electron chi connectivity index (χ3n) is 5.74. The Morgan fingerprint density at radius 3 is 2.75 bits per heavy atom. The highest BCUT2D eigenvalue weighted by Crippen LogP contribution is 2.42. The molecule has 3 atom stereocenters. The minimum absolute atomic E-state index is 0.192. The minimum Gasteiger partial charge on any atom is -0.493 e. The zero-order valence-electron chi connectivity index (χ0n) is 12.2. The molecule has 0 saturated carbocycles. The number of rotatable bonds is 2. The number of hydrogen-bond acceptors (Lipinski definition) is 3. The molecule has 2 bridgehead atoms. The Labute approximate surface area is 121 Å². The topological polar surface area (TPSA) is 38.5 Å². The van der Waals surface area contributed by atoms with E-state index < -0.39 is 0 Å². The third-order valence-corrected chi connectivity index (χ3v) is 5.74. The van der Waals surface area contributed by atoms with Gasteiger partial charge in [0.05, 0.1) is 6.61 Å². The Morgan fingerprint density at radius 2 is 2.00 bits per heavy atom. The van der Waals surface area contributed by atoms with Gasteiger partial charge in [-0.15, -0.1) is 0 Å². The smallest absolute Gasteiger partial charge is 0.122 e. The van der Waals surface area contributed by atoms with E-state index in [2.05, 4.69) is 30.1 Å². The maximum Gasteiger partial charge on any atom is 0.122 e. The molecule has 3 heteroatoms. The van der Waals surface area contributed by atoms with Crippen molar-refractivity contribution in [3.63, 3.8) is 0 Å². The summed E-state index contributed by atoms with van der Waals surface area (Å²) in [7, 11) is 2.29. The Bertz CT molecular complexity index is 502. The summed E-state index contributed by atoms with van der Waals surface area (Å²) in [6.45, 7) is 0.826. The van der Waals surface area contributed by atoms with E-state index in [1.165, 1.54) is 36.8 Å². The first-order valence-electron chi connectivity index (χ1n) is 7.95. The number of hydrogen-bond donors (Lipinski definition) is 1. The zero-order chi connectivity index (χ0) is 13.7. The first-order chi connectivity index (χ1) is 9.72. The van der Waals surface area contributed by atoms with Gasteiger partial charge in [-0.05, 0) is 55.8 Å². The lowest BCUT2D eigenvalue weighted by Gasteiger charge is -2.39. The Kier molecular flexibility index (Phi) is 3.00. The molecule has 1 aromatic rings. The van der Waals surface area contributed by atoms with Crippen molar-refractivity contribution in [2.45, 2.75) is 50.2 Å². The third kappa shape index (κ3) is 1.95. The number of piperidine rings is 1. The van der Waals surface area contributed by atoms with Gasteiger partial charge >= 0.3 is 0 Å². The van der Waals surface area contributed by atoms with Crippen molar-refractivity contribution >= 4 is 0 Å². The fourth-order valence-electron chi connectivity index (χ4n) is 4.43. The molecule has 0 spiro atoms. The quantitative estimate of drug-likeness (QED) is 0.899. The number of fused-ring (bicyclic) bond motifs is 3. The first kappa shape index (κ1) is 12.7. The molecule has 3 aliphatic heterocycles. The molecule has 2 N–H and O–H groups in total. The standard InChI is InChI=1S/C17H24N2O/c1-19-14-3-4-15(19)10-13(9-14)17(18)12-2-5-16-11(8-12)6-7-20-16/h2,5,8,13-15,17H,3-4,6-7,9-10,18H2,1H3. The molecule has 0 aliphatic carbocycles. The lowest BCUT2D eigenvalue weighted by molar-refractivity contribution is 0.121. The molecule has 4 rings (SSSR count). The van der Waals surface area contributed by atoms with Crippen molar-refractivity contribution in [2.24, 2.45) is 11.7 Å². The SMILES string of the molecule is CN1C2CCC1CC(C(N)c1ccc3c(c1)CCO3)C2. The maximum atomic E-state index is 6.60. The fraction of sp³-hybridized carbons (Fsp3) is 0.647. The van der Waals surface area contributed by atoms with Crippen LogP contribution in [0.4, 0.5) is 0 Å². The molecule has 108 valence electrons. The van der Waals surface area contributed by atoms with Crippen molar-refractivity contribution in [2.75, 3.05) is 13.7 Å². The average Bonchev–Trinajstić information content (AvgIpc) is 2.98. The monoisotopic (exact) mass is 272 g/mol. The van der Waals surface area contributed by atoms with Crippen LogP contribution in [0.2, 0.25) is 0 Å². The van der Waals surface area contributed by atoms with E-state index in [0.717, 1.165) is 30.9 Å². The van der Waals surface area contributed by atoms with Gasteiger partial charge in [-0.25, -0.2) is 0 Å². The predicted molar refractivity (Wildman–Crippen MR) is 79.9 cm³/mol. The van der Waals surface area contributed by atoms with Gasteiger partial charge in [0.1, 0.15) is 5.75 Å². The zero-order valence-corrected chi connectivity index (χ0v) is 12.2. The number of ether oxygens (including phenoxy) is 1. The molecule has 1 aromatic carbocycles. The molecule has 2 saturated heterocycles. The van der Waals surface area contributed by atoms with Crippen LogP contribution in [0.25, 0.3) is 0 Å². The van der Waals surface area contributed by atoms with Crippen LogP contribution in [-0.2, 0) is 6.42 Å². The van der Waals surface area contributed by atoms with Gasteiger partial charge in [-0.2, -0.15) is 0 Å². The van der Waals surface area contributed by atoms with Crippen LogP contribution in [0.15, 0.2) is 18.2 Å². The lowest BCUT2D eigenvalue weighted by atomic mass is 9.82. The second-order valence-electron chi connectivity index (χ2n) is 6.77. The summed E-state index contributed by atoms with van der Waals surface area (Å²) in [6, 6.07) is 8.30. The van der Waals surface area contributed by atoms with Crippen LogP contribution in [-0.4, -0.2) is 30.6 Å². The maximum absolute atomic E-state index is 6.60. The second-order valence-corrected chi connectivity index (χ2v) is 6.77. The molecule has 3 aliphatic rings. The molecular weight excluding hydrogens is 248 g/mol. The molecule has 0 radical (unpaired) electrons. The number of nitrogens with two attached hydrogens (primary N) is 1. The lowest BCUT2D eigenvalue weighted by Crippen LogP contribution is -2.42. The molecule has 2 fully saturated rings. The first-order valence-corrected chi connectivity index (χ1v) is 7.95. The van der Waals surface area contributed by atoms with Crippen molar-refractivity contribution in [3.05, 3.63) is 29.3 Å². The number of benzene rings is 1. The molecule has 0 aromatic heterocycles. The summed E-state index contributed by atoms with van der Waals surface area (Å²) < 4.78 is 5.59. The van der Waals surface area contributed by atoms with Crippen molar-refractivity contribution in [1.82, 2.24) is 4.90 Å². The highest BCUT2D eigenvalue weighted by molar-refractivity contribution is 5.41. The highest BCUT2D eigenvalue weighted by Gasteiger charge is 2.40. The molecule has 0 amide bonds. The highest BCUT2D eigenvalue weighted by atomic mass is 16.5. The van der Waals surface area contributed by atoms with Gasteiger partial charge in [-0.1, -0.05) is 12.1 Å². The van der Waals surface area contributed by atoms with Crippen LogP contribution < -0.4 is 10.5 Å². The van der Waals surface area contributed by atoms with E-state index in [0.29, 0.717) is 5.92 Å². The Hall–Kier alpha value is -1.06. The van der Waals surface area contributed by atoms with Gasteiger partial charge in [0, 0.05) is 24.5 Å². The largest absolute Gasteiger partial charge is 0.493 e. The van der Waals surface area contributed by atoms with E-state index >= 15 is 0 Å². The van der Waals surface area contributed by atoms with Gasteiger partial charge in [-0.3, -0.25) is 0 Å². The van der Waals surface area contributed by atoms with E-state index in [-0.39, 0.29) is 6.04 Å². The molecule has 20 heavy (non-hydrogen) atoms. The summed E-state index contributed by atoms with van der Waals surface area (Å²) in [5.41, 5.74) is 9.25. The van der Waals surface area contributed by atoms with E-state index in [1.807, 2.05) is 0 Å². The Balaban J connectivity index is 1.54. The minimum atomic E-state index is 0.192. The predicted octanol–water partition coefficient (Wildman–Crippen LogP) is 2.49. The van der Waals surface area contributed by atoms with Crippen LogP contribution in [0.1, 0.15) is 42.9 Å². The van der Waals surface area contributed by atoms with Crippen LogP contribution in [0.3, 0.4) is 0 Å². The van der Waals surface area contributed by atoms with Gasteiger partial charge in [0.15, 0.2) is 0 Å². The van der Waals surface area contributed by atoms with E-state index in [4.69, 9.17) is 10.5 Å². The van der Waals surface area contributed by atoms with Gasteiger partial charge in [0.2, 0.25) is 0 Å². The summed E-state index contributed by atoms with van der Waals surface area (Å²) in [4.78, 5) is 2.58. The Morgan fingerprint density at radius 1 is 1.25 bits per heavy atom. The van der Waals surface area contributed by atoms with Gasteiger partial charge in [0.25, 0.3) is 0 Å². The summed E-state index contributed by atoms with van der Waals surface area (Å²) in [6.07, 6.45) is 6.29. The molecule has 3 nitrogen and oxygen atoms in total. The normalized spacial score (nSPS) is 33.8. The van der Waals surface area contributed by atoms with Crippen molar-refractivity contribution in [1.29, 1.82) is 0 Å². The summed E-state index contributed by atoms with van der Waals surface area (Å²) in [5, 5.41) is 0. The average molecular weight is 272 g/mol.